The van der Waals surface area contributed by atoms with Crippen LogP contribution in [0.5, 0.6) is 0 Å². The third kappa shape index (κ3) is 3.77. The van der Waals surface area contributed by atoms with E-state index in [4.69, 9.17) is 34.8 Å². The van der Waals surface area contributed by atoms with Crippen molar-refractivity contribution in [3.63, 3.8) is 0 Å². The smallest absolute Gasteiger partial charge is 0.285 e. The van der Waals surface area contributed by atoms with Crippen molar-refractivity contribution in [1.29, 1.82) is 5.26 Å². The highest BCUT2D eigenvalue weighted by Crippen LogP contribution is 2.31. The molecule has 9 heteroatoms. The second-order valence-electron chi connectivity index (χ2n) is 7.13. The fourth-order valence-corrected chi connectivity index (χ4v) is 4.19. The molecule has 0 aliphatic heterocycles. The van der Waals surface area contributed by atoms with Gasteiger partial charge >= 0.3 is 0 Å². The van der Waals surface area contributed by atoms with Crippen LogP contribution in [0.2, 0.25) is 15.1 Å². The van der Waals surface area contributed by atoms with Gasteiger partial charge in [-0.25, -0.2) is 9.97 Å². The van der Waals surface area contributed by atoms with Crippen LogP contribution in [0, 0.1) is 11.3 Å². The molecule has 0 radical (unpaired) electrons. The van der Waals surface area contributed by atoms with Crippen LogP contribution in [-0.2, 0) is 0 Å². The van der Waals surface area contributed by atoms with Crippen molar-refractivity contribution in [2.75, 3.05) is 0 Å². The summed E-state index contributed by atoms with van der Waals surface area (Å²) < 4.78 is 3.07. The van der Waals surface area contributed by atoms with E-state index in [0.29, 0.717) is 43.4 Å². The zero-order valence-corrected chi connectivity index (χ0v) is 19.0. The van der Waals surface area contributed by atoms with Crippen molar-refractivity contribution in [2.45, 2.75) is 0 Å². The van der Waals surface area contributed by atoms with E-state index in [0.717, 1.165) is 0 Å². The monoisotopic (exact) mass is 491 g/mol. The third-order valence-electron chi connectivity index (χ3n) is 5.09. The first kappa shape index (κ1) is 21.2. The fraction of sp³-hybridized carbons (Fsp3) is 0. The van der Waals surface area contributed by atoms with Crippen LogP contribution >= 0.6 is 34.8 Å². The van der Waals surface area contributed by atoms with Gasteiger partial charge in [0.1, 0.15) is 6.33 Å². The summed E-state index contributed by atoms with van der Waals surface area (Å²) in [4.78, 5) is 22.9. The summed E-state index contributed by atoms with van der Waals surface area (Å²) in [6.45, 7) is 0. The maximum Gasteiger partial charge on any atom is 0.285 e. The molecule has 0 amide bonds. The Balaban J connectivity index is 1.86. The number of benzene rings is 3. The first-order valence-electron chi connectivity index (χ1n) is 9.68. The fourth-order valence-electron chi connectivity index (χ4n) is 3.57. The maximum absolute atomic E-state index is 13.9. The Kier molecular flexibility index (Phi) is 5.39. The molecule has 33 heavy (non-hydrogen) atoms. The van der Waals surface area contributed by atoms with Crippen molar-refractivity contribution in [3.05, 3.63) is 104 Å². The largest absolute Gasteiger partial charge is 0.293 e. The van der Waals surface area contributed by atoms with Gasteiger partial charge in [-0.1, -0.05) is 40.9 Å². The molecule has 0 unspecified atom stereocenters. The quantitative estimate of drug-likeness (QED) is 0.306. The van der Waals surface area contributed by atoms with E-state index in [9.17, 15) is 10.1 Å². The van der Waals surface area contributed by atoms with Gasteiger partial charge in [0.15, 0.2) is 17.0 Å². The molecule has 6 nitrogen and oxygen atoms in total. The Hall–Kier alpha value is -3.63. The summed E-state index contributed by atoms with van der Waals surface area (Å²) in [7, 11) is 0. The minimum Gasteiger partial charge on any atom is -0.293 e. The number of hydrogen-bond donors (Lipinski definition) is 0. The van der Waals surface area contributed by atoms with E-state index < -0.39 is 0 Å². The minimum atomic E-state index is -0.358. The average Bonchev–Trinajstić information content (AvgIpc) is 3.24. The van der Waals surface area contributed by atoms with Gasteiger partial charge in [-0.2, -0.15) is 5.26 Å². The Morgan fingerprint density at radius 3 is 2.36 bits per heavy atom. The van der Waals surface area contributed by atoms with Gasteiger partial charge in [-0.15, -0.1) is 0 Å². The summed E-state index contributed by atoms with van der Waals surface area (Å²) >= 11 is 18.6. The summed E-state index contributed by atoms with van der Waals surface area (Å²) in [6, 6.07) is 20.8. The molecular weight excluding hydrogens is 481 g/mol. The van der Waals surface area contributed by atoms with E-state index in [-0.39, 0.29) is 16.7 Å². The molecule has 5 rings (SSSR count). The second-order valence-corrected chi connectivity index (χ2v) is 8.41. The lowest BCUT2D eigenvalue weighted by Gasteiger charge is -2.14. The molecule has 0 bridgehead atoms. The molecule has 0 atom stereocenters. The lowest BCUT2D eigenvalue weighted by atomic mass is 10.2. The normalized spacial score (nSPS) is 11.0. The molecule has 5 aromatic rings. The van der Waals surface area contributed by atoms with Crippen LogP contribution in [0.3, 0.4) is 0 Å². The van der Waals surface area contributed by atoms with Gasteiger partial charge < -0.3 is 0 Å². The Labute approximate surface area is 202 Å². The minimum absolute atomic E-state index is 0.244. The number of nitriles is 1. The lowest BCUT2D eigenvalue weighted by Crippen LogP contribution is -2.23. The van der Waals surface area contributed by atoms with Gasteiger partial charge in [0.05, 0.1) is 22.3 Å². The topological polar surface area (TPSA) is 76.5 Å². The van der Waals surface area contributed by atoms with Gasteiger partial charge in [0, 0.05) is 21.3 Å². The number of fused-ring (bicyclic) bond motifs is 1. The molecule has 0 aliphatic carbocycles. The van der Waals surface area contributed by atoms with Crippen LogP contribution in [-0.4, -0.2) is 19.1 Å². The van der Waals surface area contributed by atoms with Crippen molar-refractivity contribution in [2.24, 2.45) is 0 Å². The number of nitrogens with zero attached hydrogens (tertiary/aromatic N) is 5. The van der Waals surface area contributed by atoms with Gasteiger partial charge in [0.2, 0.25) is 0 Å². The lowest BCUT2D eigenvalue weighted by molar-refractivity contribution is 0.959. The van der Waals surface area contributed by atoms with Gasteiger partial charge in [-0.3, -0.25) is 13.9 Å². The predicted octanol–water partition coefficient (Wildman–Crippen LogP) is 6.07. The molecule has 0 spiro atoms. The third-order valence-corrected chi connectivity index (χ3v) is 5.89. The van der Waals surface area contributed by atoms with Crippen LogP contribution in [0.1, 0.15) is 5.56 Å². The van der Waals surface area contributed by atoms with Gasteiger partial charge in [0.25, 0.3) is 5.56 Å². The zero-order valence-electron chi connectivity index (χ0n) is 16.7. The van der Waals surface area contributed by atoms with Crippen molar-refractivity contribution in [1.82, 2.24) is 19.1 Å². The SMILES string of the molecule is N#Cc1cccc(-n2cnc3nc(-c4ccc(Cl)cc4Cl)n(-c4ccc(Cl)cc4)c(=O)c32)c1. The predicted molar refractivity (Wildman–Crippen MR) is 130 cm³/mol. The van der Waals surface area contributed by atoms with Crippen LogP contribution in [0.25, 0.3) is 33.9 Å². The Bertz CT molecular complexity index is 1630. The maximum atomic E-state index is 13.9. The number of hydrogen-bond acceptors (Lipinski definition) is 4. The highest BCUT2D eigenvalue weighted by molar-refractivity contribution is 6.36. The van der Waals surface area contributed by atoms with E-state index in [2.05, 4.69) is 16.0 Å². The summed E-state index contributed by atoms with van der Waals surface area (Å²) in [5, 5.41) is 10.6. The zero-order chi connectivity index (χ0) is 23.1. The number of imidazole rings is 1. The molecule has 2 aromatic heterocycles. The van der Waals surface area contributed by atoms with Crippen LogP contribution in [0.15, 0.2) is 77.9 Å². The van der Waals surface area contributed by atoms with Crippen LogP contribution in [0.4, 0.5) is 0 Å². The summed E-state index contributed by atoms with van der Waals surface area (Å²) in [5.41, 5.74) is 2.31. The van der Waals surface area contributed by atoms with E-state index in [1.54, 1.807) is 71.3 Å². The highest BCUT2D eigenvalue weighted by atomic mass is 35.5. The first-order valence-corrected chi connectivity index (χ1v) is 10.8. The number of aromatic nitrogens is 4. The number of halogens is 3. The van der Waals surface area contributed by atoms with Gasteiger partial charge in [-0.05, 0) is 60.7 Å². The summed E-state index contributed by atoms with van der Waals surface area (Å²) in [6.07, 6.45) is 1.51. The van der Waals surface area contributed by atoms with E-state index >= 15 is 0 Å². The molecule has 0 aliphatic rings. The molecule has 3 aromatic carbocycles. The highest BCUT2D eigenvalue weighted by Gasteiger charge is 2.20. The molecule has 2 heterocycles. The second kappa shape index (κ2) is 8.38. The molecule has 0 saturated heterocycles. The van der Waals surface area contributed by atoms with E-state index in [1.165, 1.54) is 10.9 Å². The van der Waals surface area contributed by atoms with Crippen molar-refractivity contribution >= 4 is 46.0 Å². The molecule has 0 saturated carbocycles. The standard InChI is InChI=1S/C24H12Cl3N5O/c25-15-4-7-17(8-5-15)32-23(19-9-6-16(26)11-20(19)27)30-22-21(24(32)33)31(13-29-22)18-3-1-2-14(10-18)12-28/h1-11,13H. The molecule has 160 valence electrons. The molecular formula is C24H12Cl3N5O. The average molecular weight is 493 g/mol. The van der Waals surface area contributed by atoms with Crippen molar-refractivity contribution < 1.29 is 0 Å². The first-order chi connectivity index (χ1) is 16.0. The summed E-state index contributed by atoms with van der Waals surface area (Å²) in [5.74, 6) is 0.313. The Morgan fingerprint density at radius 1 is 0.879 bits per heavy atom. The van der Waals surface area contributed by atoms with E-state index in [1.807, 2.05) is 0 Å². The molecule has 0 fully saturated rings. The van der Waals surface area contributed by atoms with Crippen LogP contribution < -0.4 is 5.56 Å². The van der Waals surface area contributed by atoms with Crippen molar-refractivity contribution in [3.8, 4) is 28.8 Å². The Morgan fingerprint density at radius 2 is 1.64 bits per heavy atom. The molecule has 0 N–H and O–H groups in total. The number of rotatable bonds is 3.